The minimum atomic E-state index is -0.530. The third-order valence-electron chi connectivity index (χ3n) is 3.74. The van der Waals surface area contributed by atoms with Crippen molar-refractivity contribution in [1.29, 1.82) is 5.26 Å². The Bertz CT molecular complexity index is 1060. The van der Waals surface area contributed by atoms with Crippen molar-refractivity contribution in [3.63, 3.8) is 0 Å². The van der Waals surface area contributed by atoms with Crippen LogP contribution in [0.5, 0.6) is 0 Å². The summed E-state index contributed by atoms with van der Waals surface area (Å²) in [6.45, 7) is -0.119. The molecule has 3 rings (SSSR count). The summed E-state index contributed by atoms with van der Waals surface area (Å²) in [7, 11) is 0. The number of benzene rings is 2. The lowest BCUT2D eigenvalue weighted by Crippen LogP contribution is -1.99. The lowest BCUT2D eigenvalue weighted by molar-refractivity contribution is 0.343. The number of hydrogen-bond acceptors (Lipinski definition) is 5. The predicted molar refractivity (Wildman–Crippen MR) is 102 cm³/mol. The highest BCUT2D eigenvalue weighted by atomic mass is 35.5. The lowest BCUT2D eigenvalue weighted by atomic mass is 10.0. The van der Waals surface area contributed by atoms with Gasteiger partial charge in [0.2, 0.25) is 0 Å². The molecule has 0 saturated heterocycles. The van der Waals surface area contributed by atoms with E-state index < -0.39 is 5.82 Å². The summed E-state index contributed by atoms with van der Waals surface area (Å²) in [5.41, 5.74) is 9.11. The van der Waals surface area contributed by atoms with Crippen LogP contribution in [0, 0.1) is 17.1 Å². The van der Waals surface area contributed by atoms with Crippen LogP contribution in [-0.2, 0) is 0 Å². The van der Waals surface area contributed by atoms with Gasteiger partial charge in [0, 0.05) is 28.5 Å². The first-order valence-corrected chi connectivity index (χ1v) is 8.03. The molecule has 4 N–H and O–H groups in total. The van der Waals surface area contributed by atoms with Crippen LogP contribution in [0.1, 0.15) is 11.1 Å². The molecule has 0 aliphatic carbocycles. The molecule has 1 heterocycles. The lowest BCUT2D eigenvalue weighted by Gasteiger charge is -2.14. The summed E-state index contributed by atoms with van der Waals surface area (Å²) in [6.07, 6.45) is 4.72. The van der Waals surface area contributed by atoms with Crippen LogP contribution in [0.3, 0.4) is 0 Å². The van der Waals surface area contributed by atoms with Crippen molar-refractivity contribution in [3.8, 4) is 6.07 Å². The number of anilines is 3. The number of aromatic nitrogens is 1. The van der Waals surface area contributed by atoms with Gasteiger partial charge in [0.15, 0.2) is 0 Å². The third-order valence-corrected chi connectivity index (χ3v) is 4.03. The highest BCUT2D eigenvalue weighted by Gasteiger charge is 2.13. The predicted octanol–water partition coefficient (Wildman–Crippen LogP) is 4.23. The smallest absolute Gasteiger partial charge is 0.141 e. The van der Waals surface area contributed by atoms with Crippen LogP contribution in [-0.4, -0.2) is 16.7 Å². The molecule has 0 atom stereocenters. The molecule has 0 aliphatic rings. The fourth-order valence-corrected chi connectivity index (χ4v) is 2.78. The summed E-state index contributed by atoms with van der Waals surface area (Å²) in [5, 5.41) is 22.2. The first-order valence-electron chi connectivity index (χ1n) is 7.65. The molecule has 0 spiro atoms. The number of hydrogen-bond donors (Lipinski definition) is 3. The van der Waals surface area contributed by atoms with Gasteiger partial charge >= 0.3 is 0 Å². The van der Waals surface area contributed by atoms with E-state index in [0.717, 1.165) is 0 Å². The molecular weight excluding hydrogens is 355 g/mol. The van der Waals surface area contributed by atoms with Crippen molar-refractivity contribution >= 4 is 45.6 Å². The largest absolute Gasteiger partial charge is 0.399 e. The second-order valence-electron chi connectivity index (χ2n) is 5.50. The van der Waals surface area contributed by atoms with E-state index >= 15 is 0 Å². The monoisotopic (exact) mass is 368 g/mol. The molecule has 0 amide bonds. The van der Waals surface area contributed by atoms with Crippen LogP contribution in [0.2, 0.25) is 5.02 Å². The van der Waals surface area contributed by atoms with Crippen LogP contribution >= 0.6 is 11.6 Å². The van der Waals surface area contributed by atoms with Gasteiger partial charge in [0.1, 0.15) is 11.9 Å². The molecule has 3 aromatic rings. The van der Waals surface area contributed by atoms with Crippen molar-refractivity contribution in [2.45, 2.75) is 0 Å². The number of halogens is 2. The number of rotatable bonds is 4. The summed E-state index contributed by atoms with van der Waals surface area (Å²) in [4.78, 5) is 4.34. The first kappa shape index (κ1) is 17.7. The summed E-state index contributed by atoms with van der Waals surface area (Å²) in [5.74, 6) is -0.530. The van der Waals surface area contributed by atoms with E-state index in [1.165, 1.54) is 24.4 Å². The Kier molecular flexibility index (Phi) is 5.03. The zero-order valence-electron chi connectivity index (χ0n) is 13.5. The Morgan fingerprint density at radius 2 is 2.15 bits per heavy atom. The van der Waals surface area contributed by atoms with E-state index in [0.29, 0.717) is 39.1 Å². The van der Waals surface area contributed by atoms with Crippen molar-refractivity contribution in [2.24, 2.45) is 0 Å². The maximum Gasteiger partial charge on any atom is 0.141 e. The van der Waals surface area contributed by atoms with E-state index in [-0.39, 0.29) is 11.6 Å². The van der Waals surface area contributed by atoms with Gasteiger partial charge in [0.25, 0.3) is 0 Å². The van der Waals surface area contributed by atoms with E-state index in [1.807, 2.05) is 0 Å². The van der Waals surface area contributed by atoms with E-state index in [9.17, 15) is 9.65 Å². The molecule has 0 aliphatic heterocycles. The molecule has 0 fully saturated rings. The maximum absolute atomic E-state index is 13.4. The van der Waals surface area contributed by atoms with Gasteiger partial charge in [-0.05, 0) is 30.3 Å². The van der Waals surface area contributed by atoms with E-state index in [4.69, 9.17) is 22.4 Å². The van der Waals surface area contributed by atoms with Gasteiger partial charge in [-0.1, -0.05) is 23.8 Å². The number of nitrogens with two attached hydrogens (primary N) is 1. The number of aliphatic hydroxyl groups is 1. The summed E-state index contributed by atoms with van der Waals surface area (Å²) < 4.78 is 13.4. The van der Waals surface area contributed by atoms with Gasteiger partial charge in [-0.3, -0.25) is 4.98 Å². The molecule has 26 heavy (non-hydrogen) atoms. The number of nitrogen functional groups attached to an aromatic ring is 1. The van der Waals surface area contributed by atoms with Gasteiger partial charge in [-0.2, -0.15) is 5.26 Å². The van der Waals surface area contributed by atoms with Crippen LogP contribution in [0.15, 0.2) is 42.6 Å². The van der Waals surface area contributed by atoms with Crippen molar-refractivity contribution < 1.29 is 9.50 Å². The van der Waals surface area contributed by atoms with Gasteiger partial charge < -0.3 is 16.2 Å². The Balaban J connectivity index is 2.22. The summed E-state index contributed by atoms with van der Waals surface area (Å²) >= 11 is 5.83. The molecular formula is C19H14ClFN4O. The average molecular weight is 369 g/mol. The van der Waals surface area contributed by atoms with Crippen LogP contribution in [0.25, 0.3) is 17.0 Å². The quantitative estimate of drug-likeness (QED) is 0.599. The number of pyridine rings is 1. The van der Waals surface area contributed by atoms with Crippen LogP contribution < -0.4 is 11.1 Å². The fourth-order valence-electron chi connectivity index (χ4n) is 2.60. The number of nitrogens with one attached hydrogen (secondary N) is 1. The molecule has 5 nitrogen and oxygen atoms in total. The highest BCUT2D eigenvalue weighted by Crippen LogP contribution is 2.33. The first-order chi connectivity index (χ1) is 12.5. The number of nitrogens with zero attached hydrogens (tertiary/aromatic N) is 2. The normalized spacial score (nSPS) is 11.0. The van der Waals surface area contributed by atoms with Crippen molar-refractivity contribution in [3.05, 3.63) is 64.6 Å². The topological polar surface area (TPSA) is 95.0 Å². The molecule has 0 saturated carbocycles. The summed E-state index contributed by atoms with van der Waals surface area (Å²) in [6, 6.07) is 9.71. The molecule has 7 heteroatoms. The molecule has 0 radical (unpaired) electrons. The number of nitriles is 1. The van der Waals surface area contributed by atoms with Gasteiger partial charge in [0.05, 0.1) is 28.4 Å². The number of aliphatic hydroxyl groups excluding tert-OH is 1. The van der Waals surface area contributed by atoms with Crippen molar-refractivity contribution in [2.75, 3.05) is 17.7 Å². The molecule has 0 unspecified atom stereocenters. The second kappa shape index (κ2) is 7.40. The molecule has 2 aromatic carbocycles. The maximum atomic E-state index is 13.4. The Labute approximate surface area is 154 Å². The SMILES string of the molecule is N#Cc1cnc2c(C=CCO)cc(N)cc2c1Nc1ccc(F)c(Cl)c1. The minimum Gasteiger partial charge on any atom is -0.399 e. The standard InChI is InChI=1S/C19H14ClFN4O/c20-16-8-14(3-4-17(16)21)25-19-12(9-22)10-24-18-11(2-1-5-26)6-13(23)7-15(18)19/h1-4,6-8,10,26H,5,23H2,(H,24,25). The van der Waals surface area contributed by atoms with E-state index in [2.05, 4.69) is 16.4 Å². The second-order valence-corrected chi connectivity index (χ2v) is 5.91. The third kappa shape index (κ3) is 3.45. The molecule has 0 bridgehead atoms. The van der Waals surface area contributed by atoms with Gasteiger partial charge in [-0.15, -0.1) is 0 Å². The zero-order chi connectivity index (χ0) is 18.7. The fraction of sp³-hybridized carbons (Fsp3) is 0.0526. The Morgan fingerprint density at radius 3 is 2.85 bits per heavy atom. The minimum absolute atomic E-state index is 0.0297. The van der Waals surface area contributed by atoms with Gasteiger partial charge in [-0.25, -0.2) is 4.39 Å². The zero-order valence-corrected chi connectivity index (χ0v) is 14.3. The van der Waals surface area contributed by atoms with Crippen molar-refractivity contribution in [1.82, 2.24) is 4.98 Å². The Hall–Kier alpha value is -3.14. The molecule has 130 valence electrons. The number of fused-ring (bicyclic) bond motifs is 1. The molecule has 1 aromatic heterocycles. The van der Waals surface area contributed by atoms with Crippen LogP contribution in [0.4, 0.5) is 21.5 Å². The average Bonchev–Trinajstić information content (AvgIpc) is 2.63. The highest BCUT2D eigenvalue weighted by molar-refractivity contribution is 6.31. The Morgan fingerprint density at radius 1 is 1.35 bits per heavy atom. The van der Waals surface area contributed by atoms with E-state index in [1.54, 1.807) is 24.3 Å².